The zero-order valence-corrected chi connectivity index (χ0v) is 22.6. The SMILES string of the molecule is COc1cc(OC)c(CN(C(=O)OCc2cccc3c2Cc2ccccc2-3)[C@@H](CCC(N)=O)C(=O)O)c(OC)c1. The minimum Gasteiger partial charge on any atom is -0.496 e. The first-order valence-corrected chi connectivity index (χ1v) is 12.7. The summed E-state index contributed by atoms with van der Waals surface area (Å²) in [6.07, 6.45) is -0.594. The summed E-state index contributed by atoms with van der Waals surface area (Å²) in [5.41, 5.74) is 11.0. The van der Waals surface area contributed by atoms with Crippen molar-refractivity contribution in [2.45, 2.75) is 38.5 Å². The molecule has 3 aromatic rings. The molecular weight excluding hydrogens is 516 g/mol. The van der Waals surface area contributed by atoms with Crippen molar-refractivity contribution in [1.29, 1.82) is 0 Å². The van der Waals surface area contributed by atoms with E-state index in [9.17, 15) is 19.5 Å². The van der Waals surface area contributed by atoms with E-state index in [4.69, 9.17) is 24.7 Å². The predicted molar refractivity (Wildman–Crippen MR) is 146 cm³/mol. The normalized spacial score (nSPS) is 12.1. The number of rotatable bonds is 12. The summed E-state index contributed by atoms with van der Waals surface area (Å²) < 4.78 is 22.0. The number of hydrogen-bond donors (Lipinski definition) is 2. The number of aliphatic carboxylic acids is 1. The number of fused-ring (bicyclic) bond motifs is 3. The first-order chi connectivity index (χ1) is 19.3. The molecule has 40 heavy (non-hydrogen) atoms. The van der Waals surface area contributed by atoms with Crippen LogP contribution in [0.2, 0.25) is 0 Å². The molecule has 0 heterocycles. The summed E-state index contributed by atoms with van der Waals surface area (Å²) >= 11 is 0. The fraction of sp³-hybridized carbons (Fsp3) is 0.300. The molecule has 3 aromatic carbocycles. The van der Waals surface area contributed by atoms with E-state index in [0.717, 1.165) is 27.2 Å². The maximum atomic E-state index is 13.6. The third-order valence-corrected chi connectivity index (χ3v) is 7.00. The monoisotopic (exact) mass is 548 g/mol. The highest BCUT2D eigenvalue weighted by molar-refractivity contribution is 5.82. The fourth-order valence-electron chi connectivity index (χ4n) is 4.98. The summed E-state index contributed by atoms with van der Waals surface area (Å²) in [5.74, 6) is -0.883. The topological polar surface area (TPSA) is 138 Å². The first-order valence-electron chi connectivity index (χ1n) is 12.7. The zero-order chi connectivity index (χ0) is 28.8. The zero-order valence-electron chi connectivity index (χ0n) is 22.6. The van der Waals surface area contributed by atoms with Gasteiger partial charge in [-0.1, -0.05) is 42.5 Å². The summed E-state index contributed by atoms with van der Waals surface area (Å²) in [7, 11) is 4.37. The van der Waals surface area contributed by atoms with E-state index in [0.29, 0.717) is 29.2 Å². The number of ether oxygens (including phenoxy) is 4. The average molecular weight is 549 g/mol. The van der Waals surface area contributed by atoms with Crippen LogP contribution in [0.3, 0.4) is 0 Å². The molecule has 10 nitrogen and oxygen atoms in total. The van der Waals surface area contributed by atoms with Crippen LogP contribution in [0.4, 0.5) is 4.79 Å². The van der Waals surface area contributed by atoms with Crippen LogP contribution in [-0.4, -0.2) is 55.3 Å². The van der Waals surface area contributed by atoms with Crippen molar-refractivity contribution >= 4 is 18.0 Å². The summed E-state index contributed by atoms with van der Waals surface area (Å²) in [4.78, 5) is 38.5. The number of methoxy groups -OCH3 is 3. The second kappa shape index (κ2) is 12.4. The maximum Gasteiger partial charge on any atom is 0.411 e. The van der Waals surface area contributed by atoms with Gasteiger partial charge in [-0.2, -0.15) is 0 Å². The Morgan fingerprint density at radius 1 is 0.950 bits per heavy atom. The number of amides is 2. The summed E-state index contributed by atoms with van der Waals surface area (Å²) in [6, 6.07) is 15.7. The van der Waals surface area contributed by atoms with Crippen LogP contribution in [0.25, 0.3) is 11.1 Å². The molecule has 3 N–H and O–H groups in total. The lowest BCUT2D eigenvalue weighted by atomic mass is 10.0. The minimum absolute atomic E-state index is 0.0640. The van der Waals surface area contributed by atoms with Crippen molar-refractivity contribution in [1.82, 2.24) is 4.90 Å². The van der Waals surface area contributed by atoms with Gasteiger partial charge in [-0.25, -0.2) is 9.59 Å². The molecule has 10 heteroatoms. The molecule has 0 saturated carbocycles. The Labute approximate surface area is 232 Å². The van der Waals surface area contributed by atoms with Crippen molar-refractivity contribution in [3.05, 3.63) is 76.9 Å². The third kappa shape index (κ3) is 5.96. The molecule has 2 amide bonds. The predicted octanol–water partition coefficient (Wildman–Crippen LogP) is 4.14. The van der Waals surface area contributed by atoms with E-state index < -0.39 is 24.0 Å². The number of carboxylic acids is 1. The van der Waals surface area contributed by atoms with Crippen LogP contribution in [0, 0.1) is 0 Å². The first kappa shape index (κ1) is 28.3. The van der Waals surface area contributed by atoms with E-state index in [2.05, 4.69) is 12.1 Å². The van der Waals surface area contributed by atoms with Crippen LogP contribution in [0.1, 0.15) is 35.1 Å². The number of nitrogens with zero attached hydrogens (tertiary/aromatic N) is 1. The van der Waals surface area contributed by atoms with Crippen LogP contribution >= 0.6 is 0 Å². The quantitative estimate of drug-likeness (QED) is 0.269. The van der Waals surface area contributed by atoms with Gasteiger partial charge >= 0.3 is 12.1 Å². The fourth-order valence-corrected chi connectivity index (χ4v) is 4.98. The molecule has 0 radical (unpaired) electrons. The van der Waals surface area contributed by atoms with E-state index >= 15 is 0 Å². The summed E-state index contributed by atoms with van der Waals surface area (Å²) in [5, 5.41) is 10.0. The molecule has 0 aliphatic heterocycles. The molecule has 0 fully saturated rings. The maximum absolute atomic E-state index is 13.6. The molecule has 1 aliphatic carbocycles. The second-order valence-electron chi connectivity index (χ2n) is 9.33. The summed E-state index contributed by atoms with van der Waals surface area (Å²) in [6.45, 7) is -0.297. The molecule has 0 saturated heterocycles. The Bertz CT molecular complexity index is 1400. The van der Waals surface area contributed by atoms with Crippen molar-refractivity contribution in [2.75, 3.05) is 21.3 Å². The number of carbonyl (C=O) groups is 3. The third-order valence-electron chi connectivity index (χ3n) is 7.00. The smallest absolute Gasteiger partial charge is 0.411 e. The van der Waals surface area contributed by atoms with Crippen LogP contribution in [0.5, 0.6) is 17.2 Å². The molecule has 1 atom stereocenters. The van der Waals surface area contributed by atoms with Gasteiger partial charge in [0.2, 0.25) is 5.91 Å². The van der Waals surface area contributed by atoms with Crippen molar-refractivity contribution in [3.8, 4) is 28.4 Å². The molecule has 4 rings (SSSR count). The molecule has 0 bridgehead atoms. The van der Waals surface area contributed by atoms with Crippen molar-refractivity contribution in [3.63, 3.8) is 0 Å². The average Bonchev–Trinajstić information content (AvgIpc) is 3.34. The van der Waals surface area contributed by atoms with Gasteiger partial charge in [-0.05, 0) is 40.7 Å². The number of primary amides is 1. The molecule has 0 aromatic heterocycles. The van der Waals surface area contributed by atoms with Gasteiger partial charge in [0.25, 0.3) is 0 Å². The van der Waals surface area contributed by atoms with Gasteiger partial charge in [-0.3, -0.25) is 9.69 Å². The van der Waals surface area contributed by atoms with Gasteiger partial charge in [0.1, 0.15) is 29.9 Å². The van der Waals surface area contributed by atoms with E-state index in [1.54, 1.807) is 12.1 Å². The Kier molecular flexibility index (Phi) is 8.78. The van der Waals surface area contributed by atoms with E-state index in [1.807, 2.05) is 30.3 Å². The van der Waals surface area contributed by atoms with Gasteiger partial charge in [-0.15, -0.1) is 0 Å². The lowest BCUT2D eigenvalue weighted by molar-refractivity contribution is -0.143. The number of hydrogen-bond acceptors (Lipinski definition) is 7. The molecule has 1 aliphatic rings. The van der Waals surface area contributed by atoms with Crippen LogP contribution < -0.4 is 19.9 Å². The molecule has 210 valence electrons. The van der Waals surface area contributed by atoms with Crippen molar-refractivity contribution in [2.24, 2.45) is 5.73 Å². The van der Waals surface area contributed by atoms with Gasteiger partial charge in [0.05, 0.1) is 33.4 Å². The minimum atomic E-state index is -1.40. The number of benzene rings is 3. The van der Waals surface area contributed by atoms with Gasteiger partial charge in [0, 0.05) is 18.6 Å². The Hall–Kier alpha value is -4.73. The van der Waals surface area contributed by atoms with Gasteiger partial charge in [0.15, 0.2) is 0 Å². The Morgan fingerprint density at radius 3 is 2.25 bits per heavy atom. The van der Waals surface area contributed by atoms with E-state index in [1.165, 1.54) is 26.9 Å². The number of carboxylic acid groups (broad SMARTS) is 1. The number of carbonyl (C=O) groups excluding carboxylic acids is 2. The highest BCUT2D eigenvalue weighted by Gasteiger charge is 2.33. The number of nitrogens with two attached hydrogens (primary N) is 1. The lowest BCUT2D eigenvalue weighted by Gasteiger charge is -2.29. The molecule has 0 unspecified atom stereocenters. The Morgan fingerprint density at radius 2 is 1.62 bits per heavy atom. The van der Waals surface area contributed by atoms with E-state index in [-0.39, 0.29) is 26.0 Å². The largest absolute Gasteiger partial charge is 0.496 e. The van der Waals surface area contributed by atoms with Crippen LogP contribution in [0.15, 0.2) is 54.6 Å². The van der Waals surface area contributed by atoms with Gasteiger partial charge < -0.3 is 29.8 Å². The van der Waals surface area contributed by atoms with Crippen LogP contribution in [-0.2, 0) is 33.9 Å². The lowest BCUT2D eigenvalue weighted by Crippen LogP contribution is -2.45. The molecule has 0 spiro atoms. The highest BCUT2D eigenvalue weighted by Crippen LogP contribution is 2.39. The van der Waals surface area contributed by atoms with Crippen molar-refractivity contribution < 1.29 is 38.4 Å². The second-order valence-corrected chi connectivity index (χ2v) is 9.33. The Balaban J connectivity index is 1.64. The standard InChI is InChI=1S/C30H32N2O8/c1-37-20-14-26(38-2)24(27(15-20)39-3)16-32(25(29(34)35)11-12-28(31)33)30(36)40-17-19-8-6-10-22-21-9-5-4-7-18(21)13-23(19)22/h4-10,14-15,25H,11-13,16-17H2,1-3H3,(H2,31,33)(H,34,35)/t25-/m0/s1. The highest BCUT2D eigenvalue weighted by atomic mass is 16.6. The molecular formula is C30H32N2O8.